The Morgan fingerprint density at radius 2 is 1.86 bits per heavy atom. The van der Waals surface area contributed by atoms with Crippen LogP contribution in [0.3, 0.4) is 0 Å². The second-order valence-electron chi connectivity index (χ2n) is 5.04. The largest absolute Gasteiger partial charge is 0.312 e. The van der Waals surface area contributed by atoms with E-state index in [9.17, 15) is 8.42 Å². The molecule has 1 aliphatic carbocycles. The molecule has 2 unspecified atom stereocenters. The SMILES string of the molecule is CC1CC1CN[C@@H]1CS(=O)(=O)C[C@H]1C. The van der Waals surface area contributed by atoms with E-state index in [2.05, 4.69) is 12.2 Å². The molecule has 4 atom stereocenters. The molecule has 1 aliphatic heterocycles. The lowest BCUT2D eigenvalue weighted by atomic mass is 10.1. The highest BCUT2D eigenvalue weighted by atomic mass is 32.2. The monoisotopic (exact) mass is 217 g/mol. The fourth-order valence-corrected chi connectivity index (χ4v) is 4.43. The van der Waals surface area contributed by atoms with E-state index in [0.29, 0.717) is 11.5 Å². The first-order valence-electron chi connectivity index (χ1n) is 5.42. The van der Waals surface area contributed by atoms with E-state index in [1.807, 2.05) is 6.92 Å². The highest BCUT2D eigenvalue weighted by Crippen LogP contribution is 2.37. The van der Waals surface area contributed by atoms with Gasteiger partial charge in [0.05, 0.1) is 11.5 Å². The van der Waals surface area contributed by atoms with Gasteiger partial charge < -0.3 is 5.32 Å². The first kappa shape index (κ1) is 10.4. The zero-order valence-corrected chi connectivity index (χ0v) is 9.68. The van der Waals surface area contributed by atoms with Gasteiger partial charge in [-0.3, -0.25) is 0 Å². The molecule has 1 N–H and O–H groups in total. The third-order valence-corrected chi connectivity index (χ3v) is 5.46. The van der Waals surface area contributed by atoms with Crippen LogP contribution in [0.2, 0.25) is 0 Å². The summed E-state index contributed by atoms with van der Waals surface area (Å²) in [5.74, 6) is 2.63. The minimum atomic E-state index is -2.75. The van der Waals surface area contributed by atoms with Crippen molar-refractivity contribution in [2.75, 3.05) is 18.1 Å². The molecule has 1 saturated heterocycles. The minimum Gasteiger partial charge on any atom is -0.312 e. The molecule has 0 aromatic carbocycles. The van der Waals surface area contributed by atoms with E-state index >= 15 is 0 Å². The van der Waals surface area contributed by atoms with Gasteiger partial charge in [0.2, 0.25) is 0 Å². The molecule has 2 rings (SSSR count). The van der Waals surface area contributed by atoms with Crippen molar-refractivity contribution in [3.05, 3.63) is 0 Å². The van der Waals surface area contributed by atoms with Crippen molar-refractivity contribution in [3.8, 4) is 0 Å². The fraction of sp³-hybridized carbons (Fsp3) is 1.00. The molecule has 0 amide bonds. The lowest BCUT2D eigenvalue weighted by Crippen LogP contribution is -2.36. The molecule has 0 radical (unpaired) electrons. The molecule has 1 heterocycles. The van der Waals surface area contributed by atoms with Crippen LogP contribution < -0.4 is 5.32 Å². The van der Waals surface area contributed by atoms with Gasteiger partial charge in [-0.15, -0.1) is 0 Å². The maximum atomic E-state index is 11.3. The zero-order valence-electron chi connectivity index (χ0n) is 8.86. The second kappa shape index (κ2) is 3.49. The Hall–Kier alpha value is -0.0900. The number of hydrogen-bond acceptors (Lipinski definition) is 3. The third-order valence-electron chi connectivity index (χ3n) is 3.56. The Morgan fingerprint density at radius 1 is 1.21 bits per heavy atom. The van der Waals surface area contributed by atoms with Crippen LogP contribution in [0.4, 0.5) is 0 Å². The van der Waals surface area contributed by atoms with Crippen molar-refractivity contribution in [3.63, 3.8) is 0 Å². The van der Waals surface area contributed by atoms with Gasteiger partial charge >= 0.3 is 0 Å². The molecule has 0 aromatic rings. The highest BCUT2D eigenvalue weighted by molar-refractivity contribution is 7.91. The van der Waals surface area contributed by atoms with E-state index in [0.717, 1.165) is 18.4 Å². The molecule has 3 nitrogen and oxygen atoms in total. The molecular formula is C10H19NO2S. The van der Waals surface area contributed by atoms with Crippen molar-refractivity contribution >= 4 is 9.84 Å². The third kappa shape index (κ3) is 2.28. The topological polar surface area (TPSA) is 46.2 Å². The van der Waals surface area contributed by atoms with Crippen molar-refractivity contribution in [2.45, 2.75) is 26.3 Å². The maximum Gasteiger partial charge on any atom is 0.152 e. The summed E-state index contributed by atoms with van der Waals surface area (Å²) in [6.07, 6.45) is 1.31. The van der Waals surface area contributed by atoms with Crippen LogP contribution >= 0.6 is 0 Å². The molecule has 1 saturated carbocycles. The first-order chi connectivity index (χ1) is 6.48. The van der Waals surface area contributed by atoms with Crippen LogP contribution in [0.15, 0.2) is 0 Å². The number of rotatable bonds is 3. The smallest absolute Gasteiger partial charge is 0.152 e. The van der Waals surface area contributed by atoms with Crippen molar-refractivity contribution in [1.82, 2.24) is 5.32 Å². The van der Waals surface area contributed by atoms with Gasteiger partial charge in [0.1, 0.15) is 0 Å². The molecule has 0 bridgehead atoms. The molecule has 0 spiro atoms. The fourth-order valence-electron chi connectivity index (χ4n) is 2.27. The maximum absolute atomic E-state index is 11.3. The van der Waals surface area contributed by atoms with Crippen LogP contribution in [0.25, 0.3) is 0 Å². The normalized spacial score (nSPS) is 45.3. The molecule has 2 fully saturated rings. The average molecular weight is 217 g/mol. The van der Waals surface area contributed by atoms with Crippen molar-refractivity contribution in [2.24, 2.45) is 17.8 Å². The molecule has 82 valence electrons. The summed E-state index contributed by atoms with van der Waals surface area (Å²) in [7, 11) is -2.75. The summed E-state index contributed by atoms with van der Waals surface area (Å²) >= 11 is 0. The van der Waals surface area contributed by atoms with Gasteiger partial charge in [-0.1, -0.05) is 13.8 Å². The van der Waals surface area contributed by atoms with E-state index in [1.165, 1.54) is 6.42 Å². The van der Waals surface area contributed by atoms with E-state index < -0.39 is 9.84 Å². The Morgan fingerprint density at radius 3 is 2.29 bits per heavy atom. The van der Waals surface area contributed by atoms with E-state index in [4.69, 9.17) is 0 Å². The van der Waals surface area contributed by atoms with Crippen LogP contribution in [0.5, 0.6) is 0 Å². The van der Waals surface area contributed by atoms with Gasteiger partial charge in [0, 0.05) is 6.04 Å². The van der Waals surface area contributed by atoms with Gasteiger partial charge in [-0.2, -0.15) is 0 Å². The predicted molar refractivity (Wildman–Crippen MR) is 56.9 cm³/mol. The summed E-state index contributed by atoms with van der Waals surface area (Å²) in [4.78, 5) is 0. The van der Waals surface area contributed by atoms with Crippen LogP contribution in [0.1, 0.15) is 20.3 Å². The Bertz CT molecular complexity index is 312. The number of sulfone groups is 1. The predicted octanol–water partition coefficient (Wildman–Crippen LogP) is 0.665. The highest BCUT2D eigenvalue weighted by Gasteiger charge is 2.37. The molecule has 4 heteroatoms. The second-order valence-corrected chi connectivity index (χ2v) is 7.20. The first-order valence-corrected chi connectivity index (χ1v) is 7.24. The molecular weight excluding hydrogens is 198 g/mol. The Balaban J connectivity index is 1.81. The van der Waals surface area contributed by atoms with Gasteiger partial charge in [0.25, 0.3) is 0 Å². The number of nitrogens with one attached hydrogen (secondary N) is 1. The summed E-state index contributed by atoms with van der Waals surface area (Å²) in [5, 5.41) is 3.40. The van der Waals surface area contributed by atoms with Crippen molar-refractivity contribution < 1.29 is 8.42 Å². The Labute approximate surface area is 86.2 Å². The molecule has 2 aliphatic rings. The number of hydrogen-bond donors (Lipinski definition) is 1. The molecule has 0 aromatic heterocycles. The quantitative estimate of drug-likeness (QED) is 0.755. The minimum absolute atomic E-state index is 0.202. The summed E-state index contributed by atoms with van der Waals surface area (Å²) < 4.78 is 22.7. The van der Waals surface area contributed by atoms with Gasteiger partial charge in [-0.05, 0) is 30.7 Å². The Kier molecular flexibility index (Phi) is 2.60. The standard InChI is InChI=1S/C10H19NO2S/c1-7-3-9(7)4-11-10-6-14(12,13)5-8(10)2/h7-11H,3-6H2,1-2H3/t7?,8-,9?,10-/m1/s1. The lowest BCUT2D eigenvalue weighted by molar-refractivity contribution is 0.440. The summed E-state index contributed by atoms with van der Waals surface area (Å²) in [6.45, 7) is 5.28. The molecule has 14 heavy (non-hydrogen) atoms. The van der Waals surface area contributed by atoms with E-state index in [-0.39, 0.29) is 12.0 Å². The lowest BCUT2D eigenvalue weighted by Gasteiger charge is -2.15. The summed E-state index contributed by atoms with van der Waals surface area (Å²) in [5.41, 5.74) is 0. The zero-order chi connectivity index (χ0) is 10.3. The van der Waals surface area contributed by atoms with Crippen LogP contribution in [0, 0.1) is 17.8 Å². The van der Waals surface area contributed by atoms with Gasteiger partial charge in [0.15, 0.2) is 9.84 Å². The van der Waals surface area contributed by atoms with Crippen LogP contribution in [-0.4, -0.2) is 32.5 Å². The van der Waals surface area contributed by atoms with E-state index in [1.54, 1.807) is 0 Å². The van der Waals surface area contributed by atoms with Crippen molar-refractivity contribution in [1.29, 1.82) is 0 Å². The van der Waals surface area contributed by atoms with Crippen LogP contribution in [-0.2, 0) is 9.84 Å². The van der Waals surface area contributed by atoms with Gasteiger partial charge in [-0.25, -0.2) is 8.42 Å². The average Bonchev–Trinajstić information content (AvgIpc) is 2.67. The summed E-state index contributed by atoms with van der Waals surface area (Å²) in [6, 6.07) is 0.202.